The molecule has 0 fully saturated rings. The third-order valence-corrected chi connectivity index (χ3v) is 12.7. The van der Waals surface area contributed by atoms with Gasteiger partial charge in [0.05, 0.1) is 33.3 Å². The third-order valence-electron chi connectivity index (χ3n) is 12.7. The lowest BCUT2D eigenvalue weighted by Gasteiger charge is -2.14. The van der Waals surface area contributed by atoms with E-state index in [-0.39, 0.29) is 0 Å². The Labute approximate surface area is 357 Å². The largest absolute Gasteiger partial charge is 0.309 e. The molecule has 0 aliphatic carbocycles. The van der Waals surface area contributed by atoms with E-state index < -0.39 is 0 Å². The standard InChI is InChI=1S/C58H36N4/c1-2-19-41(20-3-1)61-51-28-10-8-24-46(51)47-33-32-39(36-54(47)61)44-26-14-30-53-55(44)49-25-9-11-29-52(49)62(53)42-21-12-18-40(35-42)58-59-56-45-23-7-5-16-38(45)31-34-50(56)57(60-58)48-27-13-17-37-15-4-6-22-43(37)48/h1-36H. The Bertz CT molecular complexity index is 3920. The highest BCUT2D eigenvalue weighted by Gasteiger charge is 2.20. The van der Waals surface area contributed by atoms with Crippen LogP contribution in [-0.2, 0) is 0 Å². The minimum atomic E-state index is 0.696. The fourth-order valence-corrected chi connectivity index (χ4v) is 9.95. The molecule has 0 spiro atoms. The molecule has 4 heteroatoms. The number of benzene rings is 10. The molecule has 288 valence electrons. The van der Waals surface area contributed by atoms with Crippen molar-refractivity contribution in [3.05, 3.63) is 218 Å². The minimum absolute atomic E-state index is 0.696. The monoisotopic (exact) mass is 788 g/mol. The molecule has 0 radical (unpaired) electrons. The maximum atomic E-state index is 5.45. The first kappa shape index (κ1) is 34.5. The molecule has 0 unspecified atom stereocenters. The van der Waals surface area contributed by atoms with Crippen molar-refractivity contribution in [1.82, 2.24) is 19.1 Å². The molecule has 10 aromatic carbocycles. The van der Waals surface area contributed by atoms with Gasteiger partial charge in [-0.25, -0.2) is 9.97 Å². The zero-order valence-electron chi connectivity index (χ0n) is 33.6. The predicted octanol–water partition coefficient (Wildman–Crippen LogP) is 15.1. The Morgan fingerprint density at radius 2 is 0.887 bits per heavy atom. The fraction of sp³-hybridized carbons (Fsp3) is 0. The van der Waals surface area contributed by atoms with E-state index in [1.807, 2.05) is 0 Å². The number of nitrogens with zero attached hydrogens (tertiary/aromatic N) is 4. The third kappa shape index (κ3) is 5.20. The molecule has 0 saturated heterocycles. The van der Waals surface area contributed by atoms with E-state index in [4.69, 9.17) is 9.97 Å². The second kappa shape index (κ2) is 13.6. The Kier molecular flexibility index (Phi) is 7.57. The van der Waals surface area contributed by atoms with E-state index >= 15 is 0 Å². The summed E-state index contributed by atoms with van der Waals surface area (Å²) in [5, 5.41) is 10.6. The second-order valence-electron chi connectivity index (χ2n) is 16.1. The predicted molar refractivity (Wildman–Crippen MR) is 260 cm³/mol. The smallest absolute Gasteiger partial charge is 0.160 e. The SMILES string of the molecule is c1ccc(-n2c3ccccc3c3ccc(-c4cccc5c4c4ccccc4n5-c4cccc(-c5nc(-c6cccc7ccccc67)c6ccc7ccccc7c6n5)c4)cc32)cc1. The van der Waals surface area contributed by atoms with Crippen molar-refractivity contribution in [3.63, 3.8) is 0 Å². The van der Waals surface area contributed by atoms with Crippen LogP contribution in [0.5, 0.6) is 0 Å². The maximum absolute atomic E-state index is 5.45. The summed E-state index contributed by atoms with van der Waals surface area (Å²) in [5.41, 5.74) is 13.2. The normalized spacial score (nSPS) is 11.9. The zero-order valence-corrected chi connectivity index (χ0v) is 33.6. The molecule has 3 heterocycles. The summed E-state index contributed by atoms with van der Waals surface area (Å²) in [4.78, 5) is 10.8. The highest BCUT2D eigenvalue weighted by molar-refractivity contribution is 6.17. The lowest BCUT2D eigenvalue weighted by Crippen LogP contribution is -1.98. The van der Waals surface area contributed by atoms with Crippen molar-refractivity contribution in [2.24, 2.45) is 0 Å². The summed E-state index contributed by atoms with van der Waals surface area (Å²) in [7, 11) is 0. The fourth-order valence-electron chi connectivity index (χ4n) is 9.95. The van der Waals surface area contributed by atoms with E-state index in [1.54, 1.807) is 0 Å². The molecular weight excluding hydrogens is 753 g/mol. The molecule has 0 saturated carbocycles. The number of hydrogen-bond acceptors (Lipinski definition) is 2. The number of aromatic nitrogens is 4. The summed E-state index contributed by atoms with van der Waals surface area (Å²) < 4.78 is 4.80. The maximum Gasteiger partial charge on any atom is 0.160 e. The zero-order chi connectivity index (χ0) is 40.7. The lowest BCUT2D eigenvalue weighted by atomic mass is 9.97. The molecule has 0 atom stereocenters. The van der Waals surface area contributed by atoms with Gasteiger partial charge in [0.25, 0.3) is 0 Å². The van der Waals surface area contributed by atoms with Crippen LogP contribution in [0.1, 0.15) is 0 Å². The van der Waals surface area contributed by atoms with Crippen LogP contribution in [-0.4, -0.2) is 19.1 Å². The molecule has 3 aromatic heterocycles. The summed E-state index contributed by atoms with van der Waals surface area (Å²) in [6, 6.07) is 78.5. The molecule has 0 aliphatic rings. The quantitative estimate of drug-likeness (QED) is 0.163. The molecule has 4 nitrogen and oxygen atoms in total. The van der Waals surface area contributed by atoms with Crippen molar-refractivity contribution >= 4 is 76.1 Å². The van der Waals surface area contributed by atoms with Gasteiger partial charge in [0, 0.05) is 54.8 Å². The van der Waals surface area contributed by atoms with Gasteiger partial charge < -0.3 is 9.13 Å². The first-order valence-corrected chi connectivity index (χ1v) is 21.2. The van der Waals surface area contributed by atoms with Gasteiger partial charge in [-0.1, -0.05) is 164 Å². The Hall–Kier alpha value is -8.34. The van der Waals surface area contributed by atoms with E-state index in [1.165, 1.54) is 54.5 Å². The molecule has 13 rings (SSSR count). The van der Waals surface area contributed by atoms with Crippen LogP contribution in [0.2, 0.25) is 0 Å². The van der Waals surface area contributed by atoms with Crippen molar-refractivity contribution in [1.29, 1.82) is 0 Å². The molecule has 0 aliphatic heterocycles. The van der Waals surface area contributed by atoms with E-state index in [2.05, 4.69) is 228 Å². The molecule has 13 aromatic rings. The van der Waals surface area contributed by atoms with Crippen LogP contribution in [0.15, 0.2) is 218 Å². The van der Waals surface area contributed by atoms with Crippen LogP contribution >= 0.6 is 0 Å². The van der Waals surface area contributed by atoms with Gasteiger partial charge >= 0.3 is 0 Å². The molecule has 0 amide bonds. The van der Waals surface area contributed by atoms with Crippen LogP contribution < -0.4 is 0 Å². The summed E-state index contributed by atoms with van der Waals surface area (Å²) >= 11 is 0. The highest BCUT2D eigenvalue weighted by atomic mass is 15.0. The topological polar surface area (TPSA) is 35.6 Å². The minimum Gasteiger partial charge on any atom is -0.309 e. The van der Waals surface area contributed by atoms with Crippen molar-refractivity contribution < 1.29 is 0 Å². The van der Waals surface area contributed by atoms with Gasteiger partial charge in [-0.15, -0.1) is 0 Å². The molecule has 0 N–H and O–H groups in total. The summed E-state index contributed by atoms with van der Waals surface area (Å²) in [6.07, 6.45) is 0. The van der Waals surface area contributed by atoms with Gasteiger partial charge in [0.2, 0.25) is 0 Å². The van der Waals surface area contributed by atoms with Gasteiger partial charge in [0.15, 0.2) is 5.82 Å². The first-order chi connectivity index (χ1) is 30.8. The Morgan fingerprint density at radius 3 is 1.74 bits per heavy atom. The van der Waals surface area contributed by atoms with Gasteiger partial charge in [-0.3, -0.25) is 0 Å². The lowest BCUT2D eigenvalue weighted by molar-refractivity contribution is 1.17. The van der Waals surface area contributed by atoms with Crippen LogP contribution in [0, 0.1) is 0 Å². The average Bonchev–Trinajstić information content (AvgIpc) is 3.86. The Balaban J connectivity index is 1.02. The van der Waals surface area contributed by atoms with Crippen molar-refractivity contribution in [2.75, 3.05) is 0 Å². The molecular formula is C58H36N4. The van der Waals surface area contributed by atoms with Crippen molar-refractivity contribution in [3.8, 4) is 45.1 Å². The number of fused-ring (bicyclic) bond motifs is 10. The van der Waals surface area contributed by atoms with Gasteiger partial charge in [-0.2, -0.15) is 0 Å². The van der Waals surface area contributed by atoms with E-state index in [0.717, 1.165) is 60.9 Å². The summed E-state index contributed by atoms with van der Waals surface area (Å²) in [5.74, 6) is 0.696. The molecule has 62 heavy (non-hydrogen) atoms. The number of para-hydroxylation sites is 3. The second-order valence-corrected chi connectivity index (χ2v) is 16.1. The summed E-state index contributed by atoms with van der Waals surface area (Å²) in [6.45, 7) is 0. The van der Waals surface area contributed by atoms with Crippen molar-refractivity contribution in [2.45, 2.75) is 0 Å². The first-order valence-electron chi connectivity index (χ1n) is 21.2. The Morgan fingerprint density at radius 1 is 0.306 bits per heavy atom. The molecule has 0 bridgehead atoms. The van der Waals surface area contributed by atoms with Crippen LogP contribution in [0.25, 0.3) is 121 Å². The highest BCUT2D eigenvalue weighted by Crippen LogP contribution is 2.42. The average molecular weight is 789 g/mol. The number of hydrogen-bond donors (Lipinski definition) is 0. The van der Waals surface area contributed by atoms with Crippen LogP contribution in [0.3, 0.4) is 0 Å². The van der Waals surface area contributed by atoms with Gasteiger partial charge in [0.1, 0.15) is 0 Å². The van der Waals surface area contributed by atoms with Gasteiger partial charge in [-0.05, 0) is 81.9 Å². The van der Waals surface area contributed by atoms with Crippen LogP contribution in [0.4, 0.5) is 0 Å². The van der Waals surface area contributed by atoms with E-state index in [0.29, 0.717) is 5.82 Å². The van der Waals surface area contributed by atoms with E-state index in [9.17, 15) is 0 Å². The number of rotatable bonds is 5.